The summed E-state index contributed by atoms with van der Waals surface area (Å²) in [6.07, 6.45) is 2.08. The lowest BCUT2D eigenvalue weighted by atomic mass is 10.1. The molecule has 1 aromatic heterocycles. The number of hydrogen-bond donors (Lipinski definition) is 1. The number of anilines is 1. The van der Waals surface area contributed by atoms with Crippen molar-refractivity contribution in [1.29, 1.82) is 5.26 Å². The van der Waals surface area contributed by atoms with Crippen LogP contribution in [0.1, 0.15) is 5.56 Å². The van der Waals surface area contributed by atoms with Gasteiger partial charge in [-0.1, -0.05) is 18.2 Å². The molecule has 4 nitrogen and oxygen atoms in total. The van der Waals surface area contributed by atoms with Gasteiger partial charge in [-0.2, -0.15) is 5.26 Å². The lowest BCUT2D eigenvalue weighted by molar-refractivity contribution is 0.488. The first-order chi connectivity index (χ1) is 10.3. The fourth-order valence-electron chi connectivity index (χ4n) is 2.16. The zero-order valence-corrected chi connectivity index (χ0v) is 11.3. The molecule has 0 atom stereocenters. The van der Waals surface area contributed by atoms with Crippen LogP contribution in [-0.4, -0.2) is 4.98 Å². The normalized spacial score (nSPS) is 10.2. The molecule has 0 bridgehead atoms. The molecule has 3 rings (SSSR count). The topological polar surface area (TPSA) is 71.9 Å². The van der Waals surface area contributed by atoms with Gasteiger partial charge in [-0.15, -0.1) is 0 Å². The molecule has 4 heteroatoms. The third kappa shape index (κ3) is 2.63. The molecular formula is C17H13N3O. The molecule has 1 heterocycles. The number of rotatable bonds is 3. The number of benzene rings is 2. The molecule has 2 aromatic carbocycles. The Morgan fingerprint density at radius 2 is 1.90 bits per heavy atom. The molecular weight excluding hydrogens is 262 g/mol. The lowest BCUT2D eigenvalue weighted by Gasteiger charge is -2.09. The van der Waals surface area contributed by atoms with Gasteiger partial charge < -0.3 is 10.5 Å². The predicted molar refractivity (Wildman–Crippen MR) is 82.0 cm³/mol. The fourth-order valence-corrected chi connectivity index (χ4v) is 2.16. The number of para-hydroxylation sites is 1. The number of pyridine rings is 1. The van der Waals surface area contributed by atoms with Gasteiger partial charge >= 0.3 is 0 Å². The van der Waals surface area contributed by atoms with E-state index in [2.05, 4.69) is 11.1 Å². The van der Waals surface area contributed by atoms with E-state index in [1.165, 1.54) is 0 Å². The van der Waals surface area contributed by atoms with Crippen LogP contribution in [-0.2, 0) is 6.42 Å². The number of nitrogens with two attached hydrogens (primary N) is 1. The van der Waals surface area contributed by atoms with Crippen molar-refractivity contribution in [2.75, 3.05) is 5.73 Å². The summed E-state index contributed by atoms with van der Waals surface area (Å²) in [4.78, 5) is 4.28. The first kappa shape index (κ1) is 12.9. The van der Waals surface area contributed by atoms with Gasteiger partial charge in [0, 0.05) is 11.6 Å². The van der Waals surface area contributed by atoms with Gasteiger partial charge in [0.05, 0.1) is 23.7 Å². The van der Waals surface area contributed by atoms with Crippen molar-refractivity contribution >= 4 is 16.6 Å². The Bertz CT molecular complexity index is 820. The highest BCUT2D eigenvalue weighted by Gasteiger charge is 2.06. The van der Waals surface area contributed by atoms with Crippen LogP contribution in [0, 0.1) is 11.3 Å². The standard InChI is InChI=1S/C17H13N3O/c18-10-8-12-4-6-13(7-5-12)21-16-9-11-20-17-14(16)2-1-3-15(17)19/h1-7,9,11H,8,19H2. The number of aromatic nitrogens is 1. The number of hydrogen-bond acceptors (Lipinski definition) is 4. The number of fused-ring (bicyclic) bond motifs is 1. The Hall–Kier alpha value is -3.06. The molecule has 21 heavy (non-hydrogen) atoms. The van der Waals surface area contributed by atoms with E-state index in [1.54, 1.807) is 6.20 Å². The second kappa shape index (κ2) is 5.51. The quantitative estimate of drug-likeness (QED) is 0.740. The third-order valence-electron chi connectivity index (χ3n) is 3.20. The summed E-state index contributed by atoms with van der Waals surface area (Å²) < 4.78 is 5.90. The number of nitriles is 1. The second-order valence-corrected chi connectivity index (χ2v) is 4.63. The summed E-state index contributed by atoms with van der Waals surface area (Å²) in [5.74, 6) is 1.42. The SMILES string of the molecule is N#CCc1ccc(Oc2ccnc3c(N)cccc23)cc1. The van der Waals surface area contributed by atoms with Crippen LogP contribution < -0.4 is 10.5 Å². The van der Waals surface area contributed by atoms with Gasteiger partial charge in [0.1, 0.15) is 11.5 Å². The molecule has 2 N–H and O–H groups in total. The van der Waals surface area contributed by atoms with Gasteiger partial charge in [0.15, 0.2) is 0 Å². The lowest BCUT2D eigenvalue weighted by Crippen LogP contribution is -1.92. The summed E-state index contributed by atoms with van der Waals surface area (Å²) in [7, 11) is 0. The van der Waals surface area contributed by atoms with Crippen molar-refractivity contribution in [3.63, 3.8) is 0 Å². The summed E-state index contributed by atoms with van der Waals surface area (Å²) in [6.45, 7) is 0. The minimum atomic E-state index is 0.398. The van der Waals surface area contributed by atoms with Gasteiger partial charge in [-0.3, -0.25) is 4.98 Å². The largest absolute Gasteiger partial charge is 0.457 e. The predicted octanol–water partition coefficient (Wildman–Crippen LogP) is 3.68. The highest BCUT2D eigenvalue weighted by Crippen LogP contribution is 2.31. The Kier molecular flexibility index (Phi) is 3.40. The van der Waals surface area contributed by atoms with E-state index in [0.29, 0.717) is 23.6 Å². The van der Waals surface area contributed by atoms with Crippen LogP contribution in [0.15, 0.2) is 54.7 Å². The Labute approximate surface area is 122 Å². The first-order valence-corrected chi connectivity index (χ1v) is 6.55. The second-order valence-electron chi connectivity index (χ2n) is 4.63. The minimum absolute atomic E-state index is 0.398. The zero-order valence-electron chi connectivity index (χ0n) is 11.3. The summed E-state index contributed by atoms with van der Waals surface area (Å²) >= 11 is 0. The van der Waals surface area contributed by atoms with Gasteiger partial charge in [-0.25, -0.2) is 0 Å². The van der Waals surface area contributed by atoms with Crippen LogP contribution in [0.4, 0.5) is 5.69 Å². The van der Waals surface area contributed by atoms with Crippen molar-refractivity contribution in [3.05, 3.63) is 60.3 Å². The molecule has 102 valence electrons. The fraction of sp³-hybridized carbons (Fsp3) is 0.0588. The highest BCUT2D eigenvalue weighted by molar-refractivity contribution is 5.93. The molecule has 0 aliphatic carbocycles. The maximum absolute atomic E-state index is 8.67. The average molecular weight is 275 g/mol. The number of nitrogens with zero attached hydrogens (tertiary/aromatic N) is 2. The van der Waals surface area contributed by atoms with Gasteiger partial charge in [0.25, 0.3) is 0 Å². The molecule has 0 amide bonds. The van der Waals surface area contributed by atoms with Crippen molar-refractivity contribution in [3.8, 4) is 17.6 Å². The van der Waals surface area contributed by atoms with Crippen molar-refractivity contribution < 1.29 is 4.74 Å². The molecule has 0 unspecified atom stereocenters. The van der Waals surface area contributed by atoms with E-state index in [-0.39, 0.29) is 0 Å². The maximum Gasteiger partial charge on any atom is 0.138 e. The average Bonchev–Trinajstić information content (AvgIpc) is 2.51. The number of ether oxygens (including phenoxy) is 1. The zero-order chi connectivity index (χ0) is 14.7. The van der Waals surface area contributed by atoms with Crippen LogP contribution in [0.3, 0.4) is 0 Å². The molecule has 0 spiro atoms. The molecule has 0 saturated heterocycles. The highest BCUT2D eigenvalue weighted by atomic mass is 16.5. The smallest absolute Gasteiger partial charge is 0.138 e. The van der Waals surface area contributed by atoms with Crippen LogP contribution in [0.2, 0.25) is 0 Å². The van der Waals surface area contributed by atoms with Crippen LogP contribution >= 0.6 is 0 Å². The van der Waals surface area contributed by atoms with Gasteiger partial charge in [-0.05, 0) is 35.9 Å². The summed E-state index contributed by atoms with van der Waals surface area (Å²) in [5.41, 5.74) is 8.25. The third-order valence-corrected chi connectivity index (χ3v) is 3.20. The van der Waals surface area contributed by atoms with E-state index < -0.39 is 0 Å². The Morgan fingerprint density at radius 1 is 1.10 bits per heavy atom. The van der Waals surface area contributed by atoms with Crippen LogP contribution in [0.25, 0.3) is 10.9 Å². The number of nitrogen functional groups attached to an aromatic ring is 1. The van der Waals surface area contributed by atoms with E-state index in [4.69, 9.17) is 15.7 Å². The molecule has 0 radical (unpaired) electrons. The molecule has 0 fully saturated rings. The van der Waals surface area contributed by atoms with Crippen LogP contribution in [0.5, 0.6) is 11.5 Å². The van der Waals surface area contributed by atoms with Crippen molar-refractivity contribution in [1.82, 2.24) is 4.98 Å². The first-order valence-electron chi connectivity index (χ1n) is 6.55. The molecule has 0 aliphatic rings. The van der Waals surface area contributed by atoms with Crippen molar-refractivity contribution in [2.45, 2.75) is 6.42 Å². The Balaban J connectivity index is 1.95. The minimum Gasteiger partial charge on any atom is -0.457 e. The van der Waals surface area contributed by atoms with E-state index in [1.807, 2.05) is 48.5 Å². The van der Waals surface area contributed by atoms with E-state index >= 15 is 0 Å². The van der Waals surface area contributed by atoms with E-state index in [9.17, 15) is 0 Å². The van der Waals surface area contributed by atoms with Crippen molar-refractivity contribution in [2.24, 2.45) is 0 Å². The summed E-state index contributed by atoms with van der Waals surface area (Å²) in [6, 6.07) is 17.0. The summed E-state index contributed by atoms with van der Waals surface area (Å²) in [5, 5.41) is 9.54. The monoisotopic (exact) mass is 275 g/mol. The molecule has 0 saturated carbocycles. The molecule has 3 aromatic rings. The van der Waals surface area contributed by atoms with E-state index in [0.717, 1.165) is 16.5 Å². The molecule has 0 aliphatic heterocycles. The maximum atomic E-state index is 8.67. The Morgan fingerprint density at radius 3 is 2.67 bits per heavy atom. The van der Waals surface area contributed by atoms with Gasteiger partial charge in [0.2, 0.25) is 0 Å².